The van der Waals surface area contributed by atoms with E-state index in [9.17, 15) is 9.18 Å². The van der Waals surface area contributed by atoms with Crippen LogP contribution < -0.4 is 5.73 Å². The molecule has 2 atom stereocenters. The van der Waals surface area contributed by atoms with E-state index < -0.39 is 18.7 Å². The molecule has 0 heterocycles. The minimum atomic E-state index is -1.09. The Bertz CT molecular complexity index is 154. The van der Waals surface area contributed by atoms with E-state index in [1.807, 2.05) is 6.92 Å². The normalized spacial score (nSPS) is 15.3. The van der Waals surface area contributed by atoms with Crippen molar-refractivity contribution >= 4 is 5.97 Å². The summed E-state index contributed by atoms with van der Waals surface area (Å²) in [5, 5.41) is 8.64. The first-order chi connectivity index (χ1) is 6.11. The lowest BCUT2D eigenvalue weighted by Gasteiger charge is -2.16. The van der Waals surface area contributed by atoms with E-state index in [1.165, 1.54) is 0 Å². The SMILES string of the molecule is CCC(N)C[C@H](OCCF)C(=O)O. The van der Waals surface area contributed by atoms with Gasteiger partial charge in [-0.1, -0.05) is 6.92 Å². The van der Waals surface area contributed by atoms with Crippen LogP contribution in [-0.4, -0.2) is 36.5 Å². The Labute approximate surface area is 76.9 Å². The molecule has 0 aliphatic heterocycles. The predicted molar refractivity (Wildman–Crippen MR) is 46.2 cm³/mol. The highest BCUT2D eigenvalue weighted by molar-refractivity contribution is 5.72. The van der Waals surface area contributed by atoms with Gasteiger partial charge in [-0.05, 0) is 12.8 Å². The molecule has 4 nitrogen and oxygen atoms in total. The van der Waals surface area contributed by atoms with Crippen molar-refractivity contribution in [3.05, 3.63) is 0 Å². The Morgan fingerprint density at radius 1 is 1.69 bits per heavy atom. The summed E-state index contributed by atoms with van der Waals surface area (Å²) in [7, 11) is 0. The van der Waals surface area contributed by atoms with Crippen LogP contribution >= 0.6 is 0 Å². The van der Waals surface area contributed by atoms with E-state index in [1.54, 1.807) is 0 Å². The second-order valence-corrected chi connectivity index (χ2v) is 2.79. The predicted octanol–water partition coefficient (Wildman–Crippen LogP) is 0.553. The molecule has 5 heteroatoms. The molecule has 0 aromatic rings. The first kappa shape index (κ1) is 12.3. The molecule has 0 amide bonds. The summed E-state index contributed by atoms with van der Waals surface area (Å²) in [6.07, 6.45) is -0.0695. The number of ether oxygens (including phenoxy) is 1. The average molecular weight is 193 g/mol. The number of hydrogen-bond acceptors (Lipinski definition) is 3. The van der Waals surface area contributed by atoms with Crippen LogP contribution in [0.3, 0.4) is 0 Å². The number of nitrogens with two attached hydrogens (primary N) is 1. The fourth-order valence-corrected chi connectivity index (χ4v) is 0.869. The molecule has 78 valence electrons. The number of alkyl halides is 1. The van der Waals surface area contributed by atoms with Crippen molar-refractivity contribution in [3.63, 3.8) is 0 Å². The summed E-state index contributed by atoms with van der Waals surface area (Å²) in [4.78, 5) is 10.6. The van der Waals surface area contributed by atoms with E-state index in [-0.39, 0.29) is 19.1 Å². The molecule has 0 bridgehead atoms. The lowest BCUT2D eigenvalue weighted by molar-refractivity contribution is -0.151. The molecular weight excluding hydrogens is 177 g/mol. The zero-order valence-corrected chi connectivity index (χ0v) is 7.70. The molecule has 0 rings (SSSR count). The van der Waals surface area contributed by atoms with Gasteiger partial charge in [0.1, 0.15) is 6.67 Å². The van der Waals surface area contributed by atoms with Crippen molar-refractivity contribution in [3.8, 4) is 0 Å². The number of carboxylic acid groups (broad SMARTS) is 1. The first-order valence-corrected chi connectivity index (χ1v) is 4.27. The smallest absolute Gasteiger partial charge is 0.332 e. The molecule has 3 N–H and O–H groups in total. The molecule has 0 aromatic carbocycles. The van der Waals surface area contributed by atoms with Crippen molar-refractivity contribution in [2.75, 3.05) is 13.3 Å². The standard InChI is InChI=1S/C8H16FNO3/c1-2-6(10)5-7(8(11)12)13-4-3-9/h6-7H,2-5,10H2,1H3,(H,11,12)/t6?,7-/m0/s1. The van der Waals surface area contributed by atoms with Gasteiger partial charge in [0.25, 0.3) is 0 Å². The van der Waals surface area contributed by atoms with Gasteiger partial charge in [0.05, 0.1) is 6.61 Å². The lowest BCUT2D eigenvalue weighted by atomic mass is 10.1. The first-order valence-electron chi connectivity index (χ1n) is 4.27. The summed E-state index contributed by atoms with van der Waals surface area (Å²) in [6.45, 7) is 0.997. The molecule has 0 aliphatic rings. The maximum absolute atomic E-state index is 11.7. The van der Waals surface area contributed by atoms with E-state index in [0.717, 1.165) is 0 Å². The van der Waals surface area contributed by atoms with Crippen LogP contribution in [0.5, 0.6) is 0 Å². The highest BCUT2D eigenvalue weighted by Gasteiger charge is 2.20. The molecular formula is C8H16FNO3. The van der Waals surface area contributed by atoms with Crippen LogP contribution in [0.1, 0.15) is 19.8 Å². The fourth-order valence-electron chi connectivity index (χ4n) is 0.869. The van der Waals surface area contributed by atoms with Crippen LogP contribution in [0.4, 0.5) is 4.39 Å². The quantitative estimate of drug-likeness (QED) is 0.619. The molecule has 0 radical (unpaired) electrons. The molecule has 0 aromatic heterocycles. The topological polar surface area (TPSA) is 72.5 Å². The van der Waals surface area contributed by atoms with Crippen molar-refractivity contribution in [1.82, 2.24) is 0 Å². The zero-order valence-electron chi connectivity index (χ0n) is 7.70. The van der Waals surface area contributed by atoms with Gasteiger partial charge in [-0.15, -0.1) is 0 Å². The molecule has 0 spiro atoms. The number of carbonyl (C=O) groups is 1. The van der Waals surface area contributed by atoms with Gasteiger partial charge in [-0.25, -0.2) is 9.18 Å². The average Bonchev–Trinajstić information content (AvgIpc) is 2.11. The number of halogens is 1. The van der Waals surface area contributed by atoms with Gasteiger partial charge in [0.15, 0.2) is 6.10 Å². The minimum Gasteiger partial charge on any atom is -0.479 e. The largest absolute Gasteiger partial charge is 0.479 e. The van der Waals surface area contributed by atoms with Crippen molar-refractivity contribution < 1.29 is 19.0 Å². The van der Waals surface area contributed by atoms with Crippen molar-refractivity contribution in [2.45, 2.75) is 31.9 Å². The van der Waals surface area contributed by atoms with E-state index in [2.05, 4.69) is 0 Å². The zero-order chi connectivity index (χ0) is 10.3. The maximum Gasteiger partial charge on any atom is 0.332 e. The van der Waals surface area contributed by atoms with Crippen LogP contribution in [0, 0.1) is 0 Å². The second-order valence-electron chi connectivity index (χ2n) is 2.79. The summed E-state index contributed by atoms with van der Waals surface area (Å²) in [6, 6.07) is -0.208. The van der Waals surface area contributed by atoms with Crippen LogP contribution in [0.2, 0.25) is 0 Å². The monoisotopic (exact) mass is 193 g/mol. The van der Waals surface area contributed by atoms with E-state index in [0.29, 0.717) is 6.42 Å². The summed E-state index contributed by atoms with van der Waals surface area (Å²) in [5.74, 6) is -1.09. The van der Waals surface area contributed by atoms with Gasteiger partial charge in [0, 0.05) is 6.04 Å². The summed E-state index contributed by atoms with van der Waals surface area (Å²) >= 11 is 0. The second kappa shape index (κ2) is 6.80. The van der Waals surface area contributed by atoms with Crippen molar-refractivity contribution in [2.24, 2.45) is 5.73 Å². The minimum absolute atomic E-state index is 0.187. The number of aliphatic carboxylic acids is 1. The molecule has 0 fully saturated rings. The van der Waals surface area contributed by atoms with Crippen LogP contribution in [0.15, 0.2) is 0 Å². The van der Waals surface area contributed by atoms with Gasteiger partial charge in [-0.3, -0.25) is 0 Å². The van der Waals surface area contributed by atoms with Gasteiger partial charge in [-0.2, -0.15) is 0 Å². The molecule has 1 unspecified atom stereocenters. The van der Waals surface area contributed by atoms with E-state index >= 15 is 0 Å². The summed E-state index contributed by atoms with van der Waals surface area (Å²) in [5.41, 5.74) is 5.55. The van der Waals surface area contributed by atoms with Gasteiger partial charge in [0.2, 0.25) is 0 Å². The Kier molecular flexibility index (Phi) is 6.44. The number of carboxylic acids is 1. The fraction of sp³-hybridized carbons (Fsp3) is 0.875. The Morgan fingerprint density at radius 2 is 2.31 bits per heavy atom. The highest BCUT2D eigenvalue weighted by Crippen LogP contribution is 2.04. The Hall–Kier alpha value is -0.680. The molecule has 0 saturated heterocycles. The van der Waals surface area contributed by atoms with Crippen LogP contribution in [-0.2, 0) is 9.53 Å². The molecule has 0 aliphatic carbocycles. The third-order valence-corrected chi connectivity index (χ3v) is 1.71. The molecule has 0 saturated carbocycles. The Balaban J connectivity index is 3.87. The summed E-state index contributed by atoms with van der Waals surface area (Å²) < 4.78 is 16.5. The number of hydrogen-bond donors (Lipinski definition) is 2. The molecule has 13 heavy (non-hydrogen) atoms. The highest BCUT2D eigenvalue weighted by atomic mass is 19.1. The lowest BCUT2D eigenvalue weighted by Crippen LogP contribution is -2.33. The van der Waals surface area contributed by atoms with Gasteiger partial charge < -0.3 is 15.6 Å². The number of rotatable bonds is 7. The van der Waals surface area contributed by atoms with Gasteiger partial charge >= 0.3 is 5.97 Å². The van der Waals surface area contributed by atoms with E-state index in [4.69, 9.17) is 15.6 Å². The Morgan fingerprint density at radius 3 is 2.69 bits per heavy atom. The third kappa shape index (κ3) is 5.54. The van der Waals surface area contributed by atoms with Crippen LogP contribution in [0.25, 0.3) is 0 Å². The maximum atomic E-state index is 11.7. The third-order valence-electron chi connectivity index (χ3n) is 1.71. The van der Waals surface area contributed by atoms with Crippen molar-refractivity contribution in [1.29, 1.82) is 0 Å².